The number of fused-ring (bicyclic) bond motifs is 1. The van der Waals surface area contributed by atoms with Gasteiger partial charge in [0.1, 0.15) is 12.4 Å². The SMILES string of the molecule is CCS(=O)(=O)c1ccc(NC(=O)Cn2nc3n(c2=O)CCCCC3)cc1. The molecule has 1 amide bonds. The fourth-order valence-corrected chi connectivity index (χ4v) is 3.86. The molecule has 2 heterocycles. The lowest BCUT2D eigenvalue weighted by Crippen LogP contribution is -2.30. The summed E-state index contributed by atoms with van der Waals surface area (Å²) < 4.78 is 26.4. The van der Waals surface area contributed by atoms with Gasteiger partial charge in [0.25, 0.3) is 0 Å². The van der Waals surface area contributed by atoms with E-state index in [2.05, 4.69) is 10.4 Å². The number of carbonyl (C=O) groups is 1. The molecule has 1 aromatic heterocycles. The fourth-order valence-electron chi connectivity index (χ4n) is 2.98. The molecule has 1 aromatic carbocycles. The van der Waals surface area contributed by atoms with Crippen molar-refractivity contribution >= 4 is 21.4 Å². The normalized spacial score (nSPS) is 14.5. The summed E-state index contributed by atoms with van der Waals surface area (Å²) in [5.41, 5.74) is 0.209. The van der Waals surface area contributed by atoms with Crippen molar-refractivity contribution in [2.24, 2.45) is 0 Å². The second-order valence-electron chi connectivity index (χ2n) is 6.29. The Hall–Kier alpha value is -2.42. The van der Waals surface area contributed by atoms with Crippen LogP contribution in [0.25, 0.3) is 0 Å². The van der Waals surface area contributed by atoms with E-state index in [1.54, 1.807) is 11.5 Å². The minimum Gasteiger partial charge on any atom is -0.324 e. The van der Waals surface area contributed by atoms with Gasteiger partial charge in [0, 0.05) is 18.7 Å². The molecule has 0 aliphatic carbocycles. The largest absolute Gasteiger partial charge is 0.346 e. The third kappa shape index (κ3) is 3.87. The van der Waals surface area contributed by atoms with Gasteiger partial charge in [0.05, 0.1) is 10.6 Å². The highest BCUT2D eigenvalue weighted by Gasteiger charge is 2.17. The first-order valence-electron chi connectivity index (χ1n) is 8.70. The van der Waals surface area contributed by atoms with Gasteiger partial charge in [0.15, 0.2) is 9.84 Å². The Bertz CT molecular complexity index is 958. The molecule has 2 aromatic rings. The lowest BCUT2D eigenvalue weighted by molar-refractivity contribution is -0.117. The number of aromatic nitrogens is 3. The molecule has 0 saturated heterocycles. The molecule has 140 valence electrons. The molecule has 3 rings (SSSR count). The predicted octanol–water partition coefficient (Wildman–Crippen LogP) is 1.20. The van der Waals surface area contributed by atoms with Crippen LogP contribution in [0.1, 0.15) is 32.0 Å². The van der Waals surface area contributed by atoms with Crippen LogP contribution in [0.15, 0.2) is 34.0 Å². The summed E-state index contributed by atoms with van der Waals surface area (Å²) in [4.78, 5) is 24.8. The van der Waals surface area contributed by atoms with E-state index in [1.165, 1.54) is 28.9 Å². The molecule has 0 unspecified atom stereocenters. The van der Waals surface area contributed by atoms with Crippen molar-refractivity contribution in [1.82, 2.24) is 14.3 Å². The van der Waals surface area contributed by atoms with Gasteiger partial charge in [-0.2, -0.15) is 5.10 Å². The zero-order valence-electron chi connectivity index (χ0n) is 14.6. The van der Waals surface area contributed by atoms with Crippen LogP contribution < -0.4 is 11.0 Å². The molecule has 26 heavy (non-hydrogen) atoms. The minimum absolute atomic E-state index is 0.0205. The highest BCUT2D eigenvalue weighted by Crippen LogP contribution is 2.15. The molecule has 1 aliphatic rings. The van der Waals surface area contributed by atoms with Crippen molar-refractivity contribution in [3.05, 3.63) is 40.6 Å². The topological polar surface area (TPSA) is 103 Å². The number of carbonyl (C=O) groups excluding carboxylic acids is 1. The number of aryl methyl sites for hydroxylation is 1. The Balaban J connectivity index is 1.69. The van der Waals surface area contributed by atoms with E-state index in [9.17, 15) is 18.0 Å². The van der Waals surface area contributed by atoms with E-state index in [1.807, 2.05) is 0 Å². The molecule has 0 saturated carbocycles. The average molecular weight is 378 g/mol. The molecule has 8 nitrogen and oxygen atoms in total. The highest BCUT2D eigenvalue weighted by atomic mass is 32.2. The molecule has 1 aliphatic heterocycles. The fraction of sp³-hybridized carbons (Fsp3) is 0.471. The molecular formula is C17H22N4O4S. The highest BCUT2D eigenvalue weighted by molar-refractivity contribution is 7.91. The van der Waals surface area contributed by atoms with Crippen LogP contribution in [0.5, 0.6) is 0 Å². The Morgan fingerprint density at radius 2 is 1.92 bits per heavy atom. The number of hydrogen-bond acceptors (Lipinski definition) is 5. The third-order valence-electron chi connectivity index (χ3n) is 4.45. The van der Waals surface area contributed by atoms with Crippen molar-refractivity contribution in [2.45, 2.75) is 50.6 Å². The molecule has 0 bridgehead atoms. The number of hydrogen-bond donors (Lipinski definition) is 1. The summed E-state index contributed by atoms with van der Waals surface area (Å²) in [5.74, 6) is 0.368. The second kappa shape index (κ2) is 7.45. The average Bonchev–Trinajstić information content (AvgIpc) is 2.78. The quantitative estimate of drug-likeness (QED) is 0.842. The lowest BCUT2D eigenvalue weighted by Gasteiger charge is -2.06. The number of nitrogens with zero attached hydrogens (tertiary/aromatic N) is 3. The number of benzene rings is 1. The molecule has 0 fully saturated rings. The summed E-state index contributed by atoms with van der Waals surface area (Å²) in [6, 6.07) is 5.98. The number of anilines is 1. The zero-order valence-corrected chi connectivity index (χ0v) is 15.5. The summed E-state index contributed by atoms with van der Waals surface area (Å²) in [6.45, 7) is 2.05. The van der Waals surface area contributed by atoms with Crippen LogP contribution in [-0.2, 0) is 34.1 Å². The molecule has 0 atom stereocenters. The maximum atomic E-state index is 12.4. The van der Waals surface area contributed by atoms with Crippen LogP contribution in [0, 0.1) is 0 Å². The van der Waals surface area contributed by atoms with E-state index >= 15 is 0 Å². The molecule has 9 heteroatoms. The number of sulfone groups is 1. The van der Waals surface area contributed by atoms with E-state index < -0.39 is 9.84 Å². The lowest BCUT2D eigenvalue weighted by atomic mass is 10.2. The Morgan fingerprint density at radius 3 is 2.62 bits per heavy atom. The second-order valence-corrected chi connectivity index (χ2v) is 8.57. The predicted molar refractivity (Wildman–Crippen MR) is 96.8 cm³/mol. The van der Waals surface area contributed by atoms with Crippen LogP contribution in [-0.4, -0.2) is 34.4 Å². The summed E-state index contributed by atoms with van der Waals surface area (Å²) in [7, 11) is -3.27. The Morgan fingerprint density at radius 1 is 1.19 bits per heavy atom. The first-order chi connectivity index (χ1) is 12.4. The first kappa shape index (κ1) is 18.4. The molecular weight excluding hydrogens is 356 g/mol. The van der Waals surface area contributed by atoms with E-state index in [-0.39, 0.29) is 28.8 Å². The van der Waals surface area contributed by atoms with Gasteiger partial charge in [-0.15, -0.1) is 0 Å². The molecule has 0 spiro atoms. The molecule has 1 N–H and O–H groups in total. The zero-order chi connectivity index (χ0) is 18.7. The summed E-state index contributed by atoms with van der Waals surface area (Å²) in [5, 5.41) is 6.94. The van der Waals surface area contributed by atoms with E-state index in [0.29, 0.717) is 12.2 Å². The molecule has 0 radical (unpaired) electrons. The number of nitrogens with one attached hydrogen (secondary N) is 1. The van der Waals surface area contributed by atoms with Crippen LogP contribution >= 0.6 is 0 Å². The summed E-state index contributed by atoms with van der Waals surface area (Å²) >= 11 is 0. The van der Waals surface area contributed by atoms with Gasteiger partial charge < -0.3 is 5.32 Å². The third-order valence-corrected chi connectivity index (χ3v) is 6.20. The van der Waals surface area contributed by atoms with Gasteiger partial charge in [-0.05, 0) is 37.1 Å². The van der Waals surface area contributed by atoms with Gasteiger partial charge in [0.2, 0.25) is 5.91 Å². The van der Waals surface area contributed by atoms with Gasteiger partial charge >= 0.3 is 5.69 Å². The van der Waals surface area contributed by atoms with Crippen molar-refractivity contribution in [3.8, 4) is 0 Å². The Labute approximate surface area is 151 Å². The van der Waals surface area contributed by atoms with Crippen LogP contribution in [0.3, 0.4) is 0 Å². The maximum Gasteiger partial charge on any atom is 0.346 e. The number of amides is 1. The van der Waals surface area contributed by atoms with E-state index in [0.717, 1.165) is 31.5 Å². The van der Waals surface area contributed by atoms with Crippen molar-refractivity contribution in [3.63, 3.8) is 0 Å². The van der Waals surface area contributed by atoms with Gasteiger partial charge in [-0.1, -0.05) is 13.3 Å². The van der Waals surface area contributed by atoms with Gasteiger partial charge in [-0.25, -0.2) is 17.9 Å². The van der Waals surface area contributed by atoms with Crippen LogP contribution in [0.2, 0.25) is 0 Å². The monoisotopic (exact) mass is 378 g/mol. The minimum atomic E-state index is -3.27. The number of rotatable bonds is 5. The smallest absolute Gasteiger partial charge is 0.324 e. The standard InChI is InChI=1S/C17H22N4O4S/c1-2-26(24,25)14-9-7-13(8-10-14)18-16(22)12-21-17(23)20-11-5-3-4-6-15(20)19-21/h7-10H,2-6,11-12H2,1H3,(H,18,22). The Kier molecular flexibility index (Phi) is 5.26. The van der Waals surface area contributed by atoms with E-state index in [4.69, 9.17) is 0 Å². The van der Waals surface area contributed by atoms with Crippen molar-refractivity contribution in [1.29, 1.82) is 0 Å². The van der Waals surface area contributed by atoms with Crippen LogP contribution in [0.4, 0.5) is 5.69 Å². The van der Waals surface area contributed by atoms with Crippen molar-refractivity contribution in [2.75, 3.05) is 11.1 Å². The van der Waals surface area contributed by atoms with Gasteiger partial charge in [-0.3, -0.25) is 9.36 Å². The maximum absolute atomic E-state index is 12.4. The van der Waals surface area contributed by atoms with Crippen molar-refractivity contribution < 1.29 is 13.2 Å². The first-order valence-corrected chi connectivity index (χ1v) is 10.3. The summed E-state index contributed by atoms with van der Waals surface area (Å²) in [6.07, 6.45) is 3.76.